The van der Waals surface area contributed by atoms with Crippen molar-refractivity contribution < 1.29 is 14.7 Å². The Morgan fingerprint density at radius 3 is 2.36 bits per heavy atom. The highest BCUT2D eigenvalue weighted by Crippen LogP contribution is 2.25. The summed E-state index contributed by atoms with van der Waals surface area (Å²) in [5.41, 5.74) is 1.90. The first-order valence-corrected chi connectivity index (χ1v) is 11.1. The number of carbonyl (C=O) groups is 2. The number of carboxylic acids is 1. The van der Waals surface area contributed by atoms with E-state index in [0.29, 0.717) is 17.7 Å². The van der Waals surface area contributed by atoms with Gasteiger partial charge in [-0.1, -0.05) is 36.4 Å². The number of carboxylic acid groups (broad SMARTS) is 1. The van der Waals surface area contributed by atoms with Gasteiger partial charge in [0.25, 0.3) is 0 Å². The summed E-state index contributed by atoms with van der Waals surface area (Å²) in [7, 11) is 0. The second-order valence-corrected chi connectivity index (χ2v) is 8.60. The minimum Gasteiger partial charge on any atom is -0.481 e. The average Bonchev–Trinajstić information content (AvgIpc) is 3.26. The molecule has 0 saturated carbocycles. The monoisotopic (exact) mass is 410 g/mol. The highest BCUT2D eigenvalue weighted by molar-refractivity contribution is 7.99. The van der Waals surface area contributed by atoms with Crippen LogP contribution < -0.4 is 0 Å². The number of benzene rings is 2. The molecule has 0 spiro atoms. The molecule has 2 aromatic carbocycles. The van der Waals surface area contributed by atoms with E-state index >= 15 is 0 Å². The van der Waals surface area contributed by atoms with E-state index in [1.165, 1.54) is 28.7 Å². The molecule has 3 aromatic rings. The molecule has 144 valence electrons. The molecule has 28 heavy (non-hydrogen) atoms. The number of rotatable bonds is 10. The number of aryl methyl sites for hydroxylation is 1. The molecule has 0 aliphatic heterocycles. The fourth-order valence-electron chi connectivity index (χ4n) is 2.92. The van der Waals surface area contributed by atoms with Crippen LogP contribution >= 0.6 is 23.1 Å². The lowest BCUT2D eigenvalue weighted by atomic mass is 10.0. The van der Waals surface area contributed by atoms with E-state index in [1.54, 1.807) is 0 Å². The molecule has 0 fully saturated rings. The normalized spacial score (nSPS) is 11.9. The highest BCUT2D eigenvalue weighted by atomic mass is 32.2. The van der Waals surface area contributed by atoms with Crippen molar-refractivity contribution in [2.45, 2.75) is 24.2 Å². The van der Waals surface area contributed by atoms with Crippen LogP contribution in [-0.4, -0.2) is 22.6 Å². The van der Waals surface area contributed by atoms with E-state index in [2.05, 4.69) is 12.1 Å². The molecule has 0 radical (unpaired) electrons. The SMILES string of the molecule is O=C(c1ccc(SCC(CCCc2ccccc2)C(=O)O)cc1)c1cccs1. The van der Waals surface area contributed by atoms with Gasteiger partial charge < -0.3 is 5.11 Å². The van der Waals surface area contributed by atoms with Crippen molar-refractivity contribution in [3.8, 4) is 0 Å². The molecule has 0 aliphatic carbocycles. The molecule has 3 nitrogen and oxygen atoms in total. The summed E-state index contributed by atoms with van der Waals surface area (Å²) in [5.74, 6) is -0.565. The molecule has 1 N–H and O–H groups in total. The zero-order chi connectivity index (χ0) is 19.8. The van der Waals surface area contributed by atoms with Gasteiger partial charge in [-0.15, -0.1) is 23.1 Å². The lowest BCUT2D eigenvalue weighted by Crippen LogP contribution is -2.16. The molecule has 5 heteroatoms. The molecule has 1 atom stereocenters. The van der Waals surface area contributed by atoms with Gasteiger partial charge in [0, 0.05) is 16.2 Å². The minimum absolute atomic E-state index is 0.0240. The van der Waals surface area contributed by atoms with Crippen molar-refractivity contribution in [2.24, 2.45) is 5.92 Å². The van der Waals surface area contributed by atoms with Gasteiger partial charge in [0.1, 0.15) is 0 Å². The lowest BCUT2D eigenvalue weighted by molar-refractivity contribution is -0.141. The Balaban J connectivity index is 1.50. The maximum absolute atomic E-state index is 12.3. The third kappa shape index (κ3) is 5.81. The Bertz CT molecular complexity index is 887. The number of ketones is 1. The van der Waals surface area contributed by atoms with Gasteiger partial charge in [0.15, 0.2) is 0 Å². The smallest absolute Gasteiger partial charge is 0.307 e. The molecule has 1 heterocycles. The Morgan fingerprint density at radius 2 is 1.71 bits per heavy atom. The van der Waals surface area contributed by atoms with E-state index in [1.807, 2.05) is 60.0 Å². The van der Waals surface area contributed by atoms with E-state index < -0.39 is 5.97 Å². The molecule has 3 rings (SSSR count). The van der Waals surface area contributed by atoms with E-state index in [0.717, 1.165) is 22.6 Å². The third-order valence-corrected chi connectivity index (χ3v) is 6.57. The Labute approximate surface area is 173 Å². The number of thiophene rings is 1. The molecule has 1 aromatic heterocycles. The van der Waals surface area contributed by atoms with Crippen LogP contribution in [-0.2, 0) is 11.2 Å². The maximum atomic E-state index is 12.3. The summed E-state index contributed by atoms with van der Waals surface area (Å²) < 4.78 is 0. The minimum atomic E-state index is -0.745. The first-order chi connectivity index (χ1) is 13.6. The first-order valence-electron chi connectivity index (χ1n) is 9.21. The van der Waals surface area contributed by atoms with E-state index in [-0.39, 0.29) is 11.7 Å². The van der Waals surface area contributed by atoms with Gasteiger partial charge in [-0.05, 0) is 60.5 Å². The van der Waals surface area contributed by atoms with E-state index in [4.69, 9.17) is 0 Å². The number of carbonyl (C=O) groups excluding carboxylic acids is 1. The summed E-state index contributed by atoms with van der Waals surface area (Å²) >= 11 is 2.96. The fraction of sp³-hybridized carbons (Fsp3) is 0.217. The second-order valence-electron chi connectivity index (χ2n) is 6.55. The van der Waals surface area contributed by atoms with Crippen LogP contribution in [0.2, 0.25) is 0 Å². The van der Waals surface area contributed by atoms with Crippen molar-refractivity contribution in [1.29, 1.82) is 0 Å². The standard InChI is InChI=1S/C23H22O3S2/c24-22(21-10-5-15-27-21)18-11-13-20(14-12-18)28-16-19(23(25)26)9-4-8-17-6-2-1-3-7-17/h1-3,5-7,10-15,19H,4,8-9,16H2,(H,25,26). The van der Waals surface area contributed by atoms with Crippen LogP contribution in [0, 0.1) is 5.92 Å². The Kier molecular flexibility index (Phi) is 7.46. The molecular weight excluding hydrogens is 388 g/mol. The van der Waals surface area contributed by atoms with Crippen LogP contribution in [0.3, 0.4) is 0 Å². The highest BCUT2D eigenvalue weighted by Gasteiger charge is 2.18. The quantitative estimate of drug-likeness (QED) is 0.339. The Morgan fingerprint density at radius 1 is 0.964 bits per heavy atom. The van der Waals surface area contributed by atoms with Gasteiger partial charge in [0.05, 0.1) is 10.8 Å². The molecule has 0 saturated heterocycles. The topological polar surface area (TPSA) is 54.4 Å². The van der Waals surface area contributed by atoms with Crippen molar-refractivity contribution in [3.63, 3.8) is 0 Å². The van der Waals surface area contributed by atoms with Gasteiger partial charge >= 0.3 is 5.97 Å². The summed E-state index contributed by atoms with van der Waals surface area (Å²) in [4.78, 5) is 25.6. The number of hydrogen-bond donors (Lipinski definition) is 1. The number of hydrogen-bond acceptors (Lipinski definition) is 4. The summed E-state index contributed by atoms with van der Waals surface area (Å²) in [6, 6.07) is 21.3. The van der Waals surface area contributed by atoms with Crippen molar-refractivity contribution >= 4 is 34.9 Å². The third-order valence-electron chi connectivity index (χ3n) is 4.52. The molecular formula is C23H22O3S2. The van der Waals surface area contributed by atoms with Crippen LogP contribution in [0.25, 0.3) is 0 Å². The van der Waals surface area contributed by atoms with Crippen LogP contribution in [0.5, 0.6) is 0 Å². The Hall–Kier alpha value is -2.37. The van der Waals surface area contributed by atoms with Gasteiger partial charge in [0.2, 0.25) is 5.78 Å². The van der Waals surface area contributed by atoms with E-state index in [9.17, 15) is 14.7 Å². The van der Waals surface area contributed by atoms with Crippen LogP contribution in [0.4, 0.5) is 0 Å². The van der Waals surface area contributed by atoms with Crippen molar-refractivity contribution in [2.75, 3.05) is 5.75 Å². The summed E-state index contributed by atoms with van der Waals surface area (Å²) in [6.45, 7) is 0. The predicted octanol–water partition coefficient (Wildman–Crippen LogP) is 5.79. The molecule has 1 unspecified atom stereocenters. The van der Waals surface area contributed by atoms with Gasteiger partial charge in [-0.2, -0.15) is 0 Å². The lowest BCUT2D eigenvalue weighted by Gasteiger charge is -2.12. The largest absolute Gasteiger partial charge is 0.481 e. The molecule has 0 aliphatic rings. The number of aliphatic carboxylic acids is 1. The van der Waals surface area contributed by atoms with Crippen molar-refractivity contribution in [3.05, 3.63) is 88.1 Å². The summed E-state index contributed by atoms with van der Waals surface area (Å²) in [6.07, 6.45) is 2.41. The molecule has 0 bridgehead atoms. The fourth-order valence-corrected chi connectivity index (χ4v) is 4.64. The average molecular weight is 411 g/mol. The van der Waals surface area contributed by atoms with Gasteiger partial charge in [-0.25, -0.2) is 0 Å². The van der Waals surface area contributed by atoms with Crippen LogP contribution in [0.1, 0.15) is 33.6 Å². The summed E-state index contributed by atoms with van der Waals surface area (Å²) in [5, 5.41) is 11.4. The first kappa shape index (κ1) is 20.4. The molecule has 0 amide bonds. The second kappa shape index (κ2) is 10.2. The zero-order valence-corrected chi connectivity index (χ0v) is 17.0. The zero-order valence-electron chi connectivity index (χ0n) is 15.4. The van der Waals surface area contributed by atoms with Crippen LogP contribution in [0.15, 0.2) is 77.0 Å². The number of thioether (sulfide) groups is 1. The maximum Gasteiger partial charge on any atom is 0.307 e. The predicted molar refractivity (Wildman–Crippen MR) is 115 cm³/mol. The van der Waals surface area contributed by atoms with Crippen molar-refractivity contribution in [1.82, 2.24) is 0 Å². The van der Waals surface area contributed by atoms with Gasteiger partial charge in [-0.3, -0.25) is 9.59 Å².